The minimum Gasteiger partial charge on any atom is -0.497 e. The first-order valence-corrected chi connectivity index (χ1v) is 13.1. The third-order valence-electron chi connectivity index (χ3n) is 5.00. The normalized spacial score (nSPS) is 11.7. The van der Waals surface area contributed by atoms with Gasteiger partial charge >= 0.3 is 0 Å². The van der Waals surface area contributed by atoms with Gasteiger partial charge in [0.15, 0.2) is 0 Å². The molecule has 0 saturated heterocycles. The number of hydrogen-bond donors (Lipinski definition) is 1. The number of ether oxygens (including phenoxy) is 2. The summed E-state index contributed by atoms with van der Waals surface area (Å²) in [7, 11) is -2.21. The molecule has 2 aromatic carbocycles. The Bertz CT molecular complexity index is 1190. The molecule has 33 heavy (non-hydrogen) atoms. The summed E-state index contributed by atoms with van der Waals surface area (Å²) in [5.41, 5.74) is 0.552. The highest BCUT2D eigenvalue weighted by Gasteiger charge is 2.24. The van der Waals surface area contributed by atoms with Crippen LogP contribution in [0.25, 0.3) is 10.1 Å². The molecule has 0 atom stereocenters. The topological polar surface area (TPSA) is 84.9 Å². The second-order valence-corrected chi connectivity index (χ2v) is 10.7. The smallest absolute Gasteiger partial charge is 0.264 e. The van der Waals surface area contributed by atoms with Gasteiger partial charge in [0.2, 0.25) is 0 Å². The fraction of sp³-hybridized carbons (Fsp3) is 0.375. The van der Waals surface area contributed by atoms with E-state index in [9.17, 15) is 13.2 Å². The number of fused-ring (bicyclic) bond motifs is 1. The fourth-order valence-electron chi connectivity index (χ4n) is 3.34. The van der Waals surface area contributed by atoms with Crippen molar-refractivity contribution in [2.45, 2.75) is 38.2 Å². The molecule has 0 spiro atoms. The van der Waals surface area contributed by atoms with Crippen LogP contribution in [-0.2, 0) is 14.8 Å². The van der Waals surface area contributed by atoms with Gasteiger partial charge in [-0.05, 0) is 81.1 Å². The molecule has 1 aromatic heterocycles. The highest BCUT2D eigenvalue weighted by Crippen LogP contribution is 2.32. The largest absolute Gasteiger partial charge is 0.497 e. The summed E-state index contributed by atoms with van der Waals surface area (Å²) in [5.74, 6) is 0.454. The Morgan fingerprint density at radius 3 is 2.48 bits per heavy atom. The van der Waals surface area contributed by atoms with Crippen molar-refractivity contribution >= 4 is 43.0 Å². The van der Waals surface area contributed by atoms with Crippen molar-refractivity contribution in [3.8, 4) is 5.75 Å². The van der Waals surface area contributed by atoms with Crippen molar-refractivity contribution in [1.29, 1.82) is 0 Å². The minimum absolute atomic E-state index is 0.138. The van der Waals surface area contributed by atoms with Gasteiger partial charge in [-0.15, -0.1) is 11.3 Å². The van der Waals surface area contributed by atoms with Crippen molar-refractivity contribution in [3.63, 3.8) is 0 Å². The maximum atomic E-state index is 13.2. The standard InChI is InChI=1S/C24H30N2O5S2/c1-5-26(33(28,29)21-10-8-20(30-4)9-11-21)19-7-12-22-18(15-19)16-23(32-22)24(27)25-13-6-14-31-17(2)3/h7-12,15-17H,5-6,13-14H2,1-4H3,(H,25,27). The molecule has 3 rings (SSSR count). The third-order valence-corrected chi connectivity index (χ3v) is 8.04. The molecule has 178 valence electrons. The van der Waals surface area contributed by atoms with E-state index in [2.05, 4.69) is 5.32 Å². The zero-order valence-electron chi connectivity index (χ0n) is 19.3. The number of thiophene rings is 1. The van der Waals surface area contributed by atoms with Gasteiger partial charge in [0, 0.05) is 24.4 Å². The number of nitrogens with zero attached hydrogens (tertiary/aromatic N) is 1. The number of methoxy groups -OCH3 is 1. The molecule has 7 nitrogen and oxygen atoms in total. The maximum absolute atomic E-state index is 13.2. The molecule has 0 aliphatic heterocycles. The molecule has 0 unspecified atom stereocenters. The Labute approximate surface area is 199 Å². The molecule has 1 amide bonds. The van der Waals surface area contributed by atoms with Gasteiger partial charge in [0.05, 0.1) is 28.7 Å². The minimum atomic E-state index is -3.74. The molecule has 0 bridgehead atoms. The first kappa shape index (κ1) is 25.0. The van der Waals surface area contributed by atoms with Gasteiger partial charge in [0.25, 0.3) is 15.9 Å². The molecule has 0 aliphatic rings. The zero-order chi connectivity index (χ0) is 24.0. The zero-order valence-corrected chi connectivity index (χ0v) is 21.0. The summed E-state index contributed by atoms with van der Waals surface area (Å²) in [6.07, 6.45) is 0.918. The lowest BCUT2D eigenvalue weighted by Gasteiger charge is -2.23. The van der Waals surface area contributed by atoms with Crippen molar-refractivity contribution < 1.29 is 22.7 Å². The molecule has 1 heterocycles. The van der Waals surface area contributed by atoms with Gasteiger partial charge in [-0.1, -0.05) is 0 Å². The molecule has 0 saturated carbocycles. The summed E-state index contributed by atoms with van der Waals surface area (Å²) in [6.45, 7) is 7.16. The second kappa shape index (κ2) is 11.0. The predicted octanol–water partition coefficient (Wildman–Crippen LogP) is 4.67. The molecule has 0 fully saturated rings. The van der Waals surface area contributed by atoms with Gasteiger partial charge < -0.3 is 14.8 Å². The van der Waals surface area contributed by atoms with Crippen molar-refractivity contribution in [3.05, 3.63) is 53.4 Å². The highest BCUT2D eigenvalue weighted by atomic mass is 32.2. The van der Waals surface area contributed by atoms with Gasteiger partial charge in [-0.3, -0.25) is 9.10 Å². The molecule has 0 aliphatic carbocycles. The third kappa shape index (κ3) is 6.04. The fourth-order valence-corrected chi connectivity index (χ4v) is 5.77. The van der Waals surface area contributed by atoms with E-state index < -0.39 is 10.0 Å². The SMILES string of the molecule is CCN(c1ccc2sc(C(=O)NCCCOC(C)C)cc2c1)S(=O)(=O)c1ccc(OC)cc1. The number of anilines is 1. The van der Waals surface area contributed by atoms with Crippen molar-refractivity contribution in [1.82, 2.24) is 5.32 Å². The summed E-state index contributed by atoms with van der Waals surface area (Å²) in [4.78, 5) is 13.3. The van der Waals surface area contributed by atoms with E-state index in [-0.39, 0.29) is 23.5 Å². The molecular weight excluding hydrogens is 460 g/mol. The molecular formula is C24H30N2O5S2. The number of sulfonamides is 1. The van der Waals surface area contributed by atoms with Gasteiger partial charge in [-0.2, -0.15) is 0 Å². The first-order valence-electron chi connectivity index (χ1n) is 10.9. The summed E-state index contributed by atoms with van der Waals surface area (Å²) >= 11 is 1.38. The Hall–Kier alpha value is -2.62. The van der Waals surface area contributed by atoms with Crippen LogP contribution in [0.4, 0.5) is 5.69 Å². The maximum Gasteiger partial charge on any atom is 0.264 e. The number of carbonyl (C=O) groups excluding carboxylic acids is 1. The Morgan fingerprint density at radius 2 is 1.85 bits per heavy atom. The van der Waals surface area contributed by atoms with Crippen LogP contribution in [0.1, 0.15) is 36.9 Å². The van der Waals surface area contributed by atoms with Crippen molar-refractivity contribution in [2.75, 3.05) is 31.1 Å². The lowest BCUT2D eigenvalue weighted by molar-refractivity contribution is 0.0757. The van der Waals surface area contributed by atoms with E-state index in [1.807, 2.05) is 26.0 Å². The average molecular weight is 491 g/mol. The lowest BCUT2D eigenvalue weighted by Crippen LogP contribution is -2.30. The van der Waals surface area contributed by atoms with Crippen LogP contribution in [0.3, 0.4) is 0 Å². The van der Waals surface area contributed by atoms with E-state index in [0.29, 0.717) is 29.5 Å². The summed E-state index contributed by atoms with van der Waals surface area (Å²) < 4.78 is 39.4. The Morgan fingerprint density at radius 1 is 1.12 bits per heavy atom. The lowest BCUT2D eigenvalue weighted by atomic mass is 10.2. The van der Waals surface area contributed by atoms with Crippen LogP contribution < -0.4 is 14.4 Å². The van der Waals surface area contributed by atoms with E-state index in [1.165, 1.54) is 34.9 Å². The van der Waals surface area contributed by atoms with Crippen LogP contribution >= 0.6 is 11.3 Å². The number of amides is 1. The number of nitrogens with one attached hydrogen (secondary N) is 1. The van der Waals surface area contributed by atoms with E-state index in [1.54, 1.807) is 31.2 Å². The van der Waals surface area contributed by atoms with Crippen LogP contribution in [0.15, 0.2) is 53.4 Å². The first-order chi connectivity index (χ1) is 15.8. The monoisotopic (exact) mass is 490 g/mol. The van der Waals surface area contributed by atoms with Crippen molar-refractivity contribution in [2.24, 2.45) is 0 Å². The van der Waals surface area contributed by atoms with E-state index in [4.69, 9.17) is 9.47 Å². The number of hydrogen-bond acceptors (Lipinski definition) is 6. The van der Waals surface area contributed by atoms with E-state index >= 15 is 0 Å². The van der Waals surface area contributed by atoms with Crippen LogP contribution in [-0.4, -0.2) is 47.2 Å². The average Bonchev–Trinajstić information content (AvgIpc) is 3.22. The molecule has 1 N–H and O–H groups in total. The Kier molecular flexibility index (Phi) is 8.34. The number of carbonyl (C=O) groups is 1. The number of benzene rings is 2. The van der Waals surface area contributed by atoms with Gasteiger partial charge in [-0.25, -0.2) is 8.42 Å². The Balaban J connectivity index is 1.77. The van der Waals surface area contributed by atoms with Gasteiger partial charge in [0.1, 0.15) is 5.75 Å². The number of rotatable bonds is 11. The molecule has 9 heteroatoms. The highest BCUT2D eigenvalue weighted by molar-refractivity contribution is 7.92. The summed E-state index contributed by atoms with van der Waals surface area (Å²) in [6, 6.07) is 13.6. The quantitative estimate of drug-likeness (QED) is 0.395. The van der Waals surface area contributed by atoms with Crippen LogP contribution in [0.2, 0.25) is 0 Å². The van der Waals surface area contributed by atoms with Crippen LogP contribution in [0.5, 0.6) is 5.75 Å². The summed E-state index contributed by atoms with van der Waals surface area (Å²) in [5, 5.41) is 3.74. The molecule has 0 radical (unpaired) electrons. The van der Waals surface area contributed by atoms with E-state index in [0.717, 1.165) is 16.5 Å². The predicted molar refractivity (Wildman–Crippen MR) is 133 cm³/mol. The molecule has 3 aromatic rings. The second-order valence-electron chi connectivity index (χ2n) is 7.71. The van der Waals surface area contributed by atoms with Crippen LogP contribution in [0, 0.1) is 0 Å².